The van der Waals surface area contributed by atoms with E-state index in [4.69, 9.17) is 14.2 Å². The van der Waals surface area contributed by atoms with E-state index in [-0.39, 0.29) is 13.2 Å². The Morgan fingerprint density at radius 1 is 0.951 bits per heavy atom. The van der Waals surface area contributed by atoms with Gasteiger partial charge in [0.15, 0.2) is 0 Å². The van der Waals surface area contributed by atoms with Crippen molar-refractivity contribution in [1.29, 1.82) is 0 Å². The summed E-state index contributed by atoms with van der Waals surface area (Å²) < 4.78 is 58.8. The highest BCUT2D eigenvalue weighted by Crippen LogP contribution is 2.42. The molecular formula is C30H31F3N2O6. The second-order valence-electron chi connectivity index (χ2n) is 9.52. The van der Waals surface area contributed by atoms with E-state index in [1.807, 2.05) is 60.7 Å². The molecule has 218 valence electrons. The Labute approximate surface area is 236 Å². The molecular weight excluding hydrogens is 541 g/mol. The zero-order valence-corrected chi connectivity index (χ0v) is 22.8. The molecule has 41 heavy (non-hydrogen) atoms. The molecule has 3 aromatic rings. The zero-order chi connectivity index (χ0) is 29.6. The van der Waals surface area contributed by atoms with Crippen LogP contribution in [0.2, 0.25) is 0 Å². The molecule has 1 saturated heterocycles. The Balaban J connectivity index is 1.67. The van der Waals surface area contributed by atoms with Gasteiger partial charge in [-0.05, 0) is 36.2 Å². The van der Waals surface area contributed by atoms with Crippen LogP contribution in [0.5, 0.6) is 11.5 Å². The standard InChI is InChI=1S/C30H31F3N2O6/c1-19-25(28(36)39-3)26(34-17-22-16-23(41-30(31,32)33)14-15-24(22)38-2)27(21-12-8-5-9-13-21)35(19)29(37)40-18-20-10-6-4-7-11-20/h4-16,19,25-27,34H,17-18H2,1-3H3/t19-,25+,26+,27-/m0/s1. The summed E-state index contributed by atoms with van der Waals surface area (Å²) in [5.74, 6) is -1.46. The van der Waals surface area contributed by atoms with E-state index in [0.29, 0.717) is 11.3 Å². The number of esters is 1. The molecule has 11 heteroatoms. The fraction of sp³-hybridized carbons (Fsp3) is 0.333. The van der Waals surface area contributed by atoms with Crippen LogP contribution in [0.3, 0.4) is 0 Å². The molecule has 1 fully saturated rings. The van der Waals surface area contributed by atoms with Gasteiger partial charge in [0.2, 0.25) is 0 Å². The van der Waals surface area contributed by atoms with E-state index in [1.54, 1.807) is 6.92 Å². The van der Waals surface area contributed by atoms with Crippen LogP contribution in [0.4, 0.5) is 18.0 Å². The van der Waals surface area contributed by atoms with Gasteiger partial charge >= 0.3 is 18.4 Å². The number of methoxy groups -OCH3 is 2. The summed E-state index contributed by atoms with van der Waals surface area (Å²) >= 11 is 0. The van der Waals surface area contributed by atoms with Crippen LogP contribution in [0.25, 0.3) is 0 Å². The minimum absolute atomic E-state index is 0.000647. The van der Waals surface area contributed by atoms with Crippen LogP contribution < -0.4 is 14.8 Å². The highest BCUT2D eigenvalue weighted by atomic mass is 19.4. The quantitative estimate of drug-likeness (QED) is 0.333. The van der Waals surface area contributed by atoms with Crippen molar-refractivity contribution in [3.8, 4) is 11.5 Å². The van der Waals surface area contributed by atoms with Crippen LogP contribution in [0, 0.1) is 5.92 Å². The lowest BCUT2D eigenvalue weighted by atomic mass is 9.91. The monoisotopic (exact) mass is 572 g/mol. The lowest BCUT2D eigenvalue weighted by Crippen LogP contribution is -2.42. The molecule has 8 nitrogen and oxygen atoms in total. The van der Waals surface area contributed by atoms with Crippen molar-refractivity contribution in [2.45, 2.75) is 44.6 Å². The van der Waals surface area contributed by atoms with Crippen molar-refractivity contribution < 1.29 is 41.7 Å². The fourth-order valence-electron chi connectivity index (χ4n) is 5.22. The average Bonchev–Trinajstić information content (AvgIpc) is 3.26. The van der Waals surface area contributed by atoms with Crippen LogP contribution in [0.15, 0.2) is 78.9 Å². The van der Waals surface area contributed by atoms with Crippen LogP contribution in [-0.2, 0) is 27.4 Å². The molecule has 0 unspecified atom stereocenters. The third kappa shape index (κ3) is 7.10. The number of rotatable bonds is 9. The first-order chi connectivity index (χ1) is 19.6. The maximum atomic E-state index is 13.5. The number of benzene rings is 3. The molecule has 0 aliphatic carbocycles. The summed E-state index contributed by atoms with van der Waals surface area (Å²) in [6.45, 7) is 1.77. The van der Waals surface area contributed by atoms with E-state index < -0.39 is 48.2 Å². The largest absolute Gasteiger partial charge is 0.573 e. The predicted molar refractivity (Wildman–Crippen MR) is 143 cm³/mol. The minimum atomic E-state index is -4.87. The third-order valence-corrected chi connectivity index (χ3v) is 7.03. The van der Waals surface area contributed by atoms with Gasteiger partial charge in [-0.3, -0.25) is 9.69 Å². The molecule has 0 spiro atoms. The van der Waals surface area contributed by atoms with Gasteiger partial charge in [-0.25, -0.2) is 4.79 Å². The lowest BCUT2D eigenvalue weighted by Gasteiger charge is -2.30. The average molecular weight is 573 g/mol. The van der Waals surface area contributed by atoms with Gasteiger partial charge in [-0.15, -0.1) is 13.2 Å². The molecule has 0 saturated carbocycles. The van der Waals surface area contributed by atoms with E-state index in [9.17, 15) is 22.8 Å². The molecule has 1 aliphatic heterocycles. The smallest absolute Gasteiger partial charge is 0.496 e. The molecule has 1 amide bonds. The molecule has 4 rings (SSSR count). The summed E-state index contributed by atoms with van der Waals surface area (Å²) in [5.41, 5.74) is 1.90. The second kappa shape index (κ2) is 12.9. The van der Waals surface area contributed by atoms with Crippen molar-refractivity contribution in [2.75, 3.05) is 14.2 Å². The van der Waals surface area contributed by atoms with Gasteiger partial charge in [0, 0.05) is 24.2 Å². The number of nitrogens with one attached hydrogen (secondary N) is 1. The first-order valence-electron chi connectivity index (χ1n) is 12.9. The summed E-state index contributed by atoms with van der Waals surface area (Å²) in [7, 11) is 2.66. The molecule has 1 heterocycles. The Kier molecular flexibility index (Phi) is 9.38. The Morgan fingerprint density at radius 3 is 2.22 bits per heavy atom. The first-order valence-corrected chi connectivity index (χ1v) is 12.9. The van der Waals surface area contributed by atoms with E-state index in [2.05, 4.69) is 10.1 Å². The Morgan fingerprint density at radius 2 is 1.61 bits per heavy atom. The van der Waals surface area contributed by atoms with E-state index in [1.165, 1.54) is 31.3 Å². The van der Waals surface area contributed by atoms with Crippen molar-refractivity contribution in [1.82, 2.24) is 10.2 Å². The van der Waals surface area contributed by atoms with Gasteiger partial charge in [0.25, 0.3) is 0 Å². The summed E-state index contributed by atoms with van der Waals surface area (Å²) in [4.78, 5) is 28.2. The Bertz CT molecular complexity index is 1320. The summed E-state index contributed by atoms with van der Waals surface area (Å²) in [5, 5.41) is 3.30. The summed E-state index contributed by atoms with van der Waals surface area (Å²) in [6.07, 6.45) is -5.48. The highest BCUT2D eigenvalue weighted by molar-refractivity contribution is 5.78. The van der Waals surface area contributed by atoms with Gasteiger partial charge in [0.1, 0.15) is 18.1 Å². The van der Waals surface area contributed by atoms with Gasteiger partial charge in [-0.2, -0.15) is 0 Å². The number of likely N-dealkylation sites (tertiary alicyclic amines) is 1. The topological polar surface area (TPSA) is 86.3 Å². The normalized spacial score (nSPS) is 20.4. The van der Waals surface area contributed by atoms with E-state index in [0.717, 1.165) is 17.2 Å². The minimum Gasteiger partial charge on any atom is -0.496 e. The molecule has 0 aromatic heterocycles. The maximum Gasteiger partial charge on any atom is 0.573 e. The number of ether oxygens (including phenoxy) is 4. The van der Waals surface area contributed by atoms with Gasteiger partial charge in [0.05, 0.1) is 26.2 Å². The first kappa shape index (κ1) is 29.7. The van der Waals surface area contributed by atoms with Crippen molar-refractivity contribution >= 4 is 12.1 Å². The molecule has 0 radical (unpaired) electrons. The SMILES string of the molecule is COC(=O)[C@H]1[C@@H](NCc2cc(OC(F)(F)F)ccc2OC)[C@H](c2ccccc2)N(C(=O)OCc2ccccc2)[C@H]1C. The predicted octanol–water partition coefficient (Wildman–Crippen LogP) is 5.62. The third-order valence-electron chi connectivity index (χ3n) is 7.03. The van der Waals surface area contributed by atoms with Crippen molar-refractivity contribution in [3.63, 3.8) is 0 Å². The molecule has 4 atom stereocenters. The highest BCUT2D eigenvalue weighted by Gasteiger charge is 2.53. The molecule has 3 aromatic carbocycles. The van der Waals surface area contributed by atoms with Gasteiger partial charge in [-0.1, -0.05) is 60.7 Å². The number of hydrogen-bond donors (Lipinski definition) is 1. The number of halogens is 3. The van der Waals surface area contributed by atoms with Gasteiger partial charge < -0.3 is 24.3 Å². The van der Waals surface area contributed by atoms with Crippen molar-refractivity contribution in [2.24, 2.45) is 5.92 Å². The molecule has 1 N–H and O–H groups in total. The zero-order valence-electron chi connectivity index (χ0n) is 22.8. The van der Waals surface area contributed by atoms with Crippen LogP contribution in [0.1, 0.15) is 29.7 Å². The number of carbonyl (C=O) groups is 2. The molecule has 0 bridgehead atoms. The summed E-state index contributed by atoms with van der Waals surface area (Å²) in [6, 6.07) is 20.1. The van der Waals surface area contributed by atoms with Crippen molar-refractivity contribution in [3.05, 3.63) is 95.6 Å². The van der Waals surface area contributed by atoms with Crippen LogP contribution >= 0.6 is 0 Å². The van der Waals surface area contributed by atoms with E-state index >= 15 is 0 Å². The second-order valence-corrected chi connectivity index (χ2v) is 9.52. The fourth-order valence-corrected chi connectivity index (χ4v) is 5.22. The number of carbonyl (C=O) groups excluding carboxylic acids is 2. The number of nitrogens with zero attached hydrogens (tertiary/aromatic N) is 1. The number of hydrogen-bond acceptors (Lipinski definition) is 7. The Hall–Kier alpha value is -4.25. The molecule has 1 aliphatic rings. The van der Waals surface area contributed by atoms with Crippen LogP contribution in [-0.4, -0.2) is 49.6 Å². The number of alkyl halides is 3. The lowest BCUT2D eigenvalue weighted by molar-refractivity contribution is -0.274. The maximum absolute atomic E-state index is 13.5. The number of amides is 1.